The molecular formula is C35H43N7O3. The molecule has 2 aliphatic heterocycles. The van der Waals surface area contributed by atoms with Crippen LogP contribution in [-0.2, 0) is 4.74 Å². The number of ether oxygens (including phenoxy) is 1. The number of nitrogens with one attached hydrogen (secondary N) is 2. The van der Waals surface area contributed by atoms with E-state index in [-0.39, 0.29) is 11.9 Å². The Labute approximate surface area is 265 Å². The van der Waals surface area contributed by atoms with E-state index < -0.39 is 0 Å². The third-order valence-electron chi connectivity index (χ3n) is 9.11. The molecule has 2 aromatic heterocycles. The molecule has 2 saturated heterocycles. The molecule has 0 unspecified atom stereocenters. The van der Waals surface area contributed by atoms with Crippen LogP contribution in [0, 0.1) is 0 Å². The summed E-state index contributed by atoms with van der Waals surface area (Å²) in [6.07, 6.45) is 5.79. The van der Waals surface area contributed by atoms with E-state index in [9.17, 15) is 9.59 Å². The first-order chi connectivity index (χ1) is 21.9. The van der Waals surface area contributed by atoms with Gasteiger partial charge in [0.05, 0.1) is 12.1 Å². The van der Waals surface area contributed by atoms with Gasteiger partial charge in [0.15, 0.2) is 0 Å². The molecule has 2 N–H and O–H groups in total. The third-order valence-corrected chi connectivity index (χ3v) is 9.11. The molecule has 10 nitrogen and oxygen atoms in total. The minimum absolute atomic E-state index is 0.187. The molecule has 0 atom stereocenters. The fraction of sp³-hybridized carbons (Fsp3) is 0.400. The van der Waals surface area contributed by atoms with Gasteiger partial charge in [0.2, 0.25) is 0 Å². The maximum Gasteiger partial charge on any atom is 0.325 e. The number of anilines is 3. The van der Waals surface area contributed by atoms with Crippen molar-refractivity contribution in [3.63, 3.8) is 0 Å². The lowest BCUT2D eigenvalue weighted by Crippen LogP contribution is -2.59. The predicted molar refractivity (Wildman–Crippen MR) is 179 cm³/mol. The molecule has 4 heterocycles. The average Bonchev–Trinajstić information content (AvgIpc) is 3.49. The summed E-state index contributed by atoms with van der Waals surface area (Å²) >= 11 is 0. The molecule has 0 spiro atoms. The second kappa shape index (κ2) is 13.8. The van der Waals surface area contributed by atoms with Crippen molar-refractivity contribution >= 4 is 40.0 Å². The Bertz CT molecular complexity index is 1620. The average molecular weight is 610 g/mol. The summed E-state index contributed by atoms with van der Waals surface area (Å²) in [5, 5.41) is 6.61. The van der Waals surface area contributed by atoms with E-state index in [4.69, 9.17) is 4.74 Å². The molecule has 2 aromatic carbocycles. The number of hydrogen-bond donors (Lipinski definition) is 2. The standard InChI is InChI=1S/C35H43N7O3/c1-4-45-20-19-41(29-9-10-32-28(21-29)14-18-42(32)35(44)36-2)30-11-15-37-33(22-30)38-34(43)27-7-5-25(6-8-27)26-12-16-40(17-13-26)31-23-39(3)24-31/h5-11,14-15,18,21-22,26,31H,4,12-13,16-17,19-20,23-24H2,1-3H3,(H,36,44)(H,37,38,43). The summed E-state index contributed by atoms with van der Waals surface area (Å²) in [4.78, 5) is 37.1. The minimum Gasteiger partial charge on any atom is -0.380 e. The fourth-order valence-electron chi connectivity index (χ4n) is 6.55. The minimum atomic E-state index is -0.187. The highest BCUT2D eigenvalue weighted by atomic mass is 16.5. The van der Waals surface area contributed by atoms with Gasteiger partial charge >= 0.3 is 6.03 Å². The van der Waals surface area contributed by atoms with Crippen molar-refractivity contribution in [2.45, 2.75) is 31.7 Å². The van der Waals surface area contributed by atoms with Crippen LogP contribution in [-0.4, -0.2) is 97.4 Å². The highest BCUT2D eigenvalue weighted by Gasteiger charge is 2.32. The van der Waals surface area contributed by atoms with Crippen LogP contribution in [0.1, 0.15) is 41.6 Å². The number of nitrogens with zero attached hydrogens (tertiary/aromatic N) is 5. The zero-order valence-electron chi connectivity index (χ0n) is 26.4. The van der Waals surface area contributed by atoms with Crippen molar-refractivity contribution in [1.82, 2.24) is 24.7 Å². The van der Waals surface area contributed by atoms with Gasteiger partial charge in [-0.3, -0.25) is 14.3 Å². The second-order valence-corrected chi connectivity index (χ2v) is 12.0. The van der Waals surface area contributed by atoms with Gasteiger partial charge in [0.1, 0.15) is 5.82 Å². The summed E-state index contributed by atoms with van der Waals surface area (Å²) in [5.74, 6) is 0.829. The Morgan fingerprint density at radius 3 is 2.47 bits per heavy atom. The monoisotopic (exact) mass is 609 g/mol. The molecule has 0 aliphatic carbocycles. The summed E-state index contributed by atoms with van der Waals surface area (Å²) in [6, 6.07) is 20.3. The van der Waals surface area contributed by atoms with Crippen molar-refractivity contribution in [1.29, 1.82) is 0 Å². The van der Waals surface area contributed by atoms with Gasteiger partial charge in [-0.1, -0.05) is 12.1 Å². The number of rotatable bonds is 10. The number of pyridine rings is 1. The van der Waals surface area contributed by atoms with E-state index in [1.54, 1.807) is 24.0 Å². The van der Waals surface area contributed by atoms with Crippen molar-refractivity contribution in [2.75, 3.05) is 70.2 Å². The van der Waals surface area contributed by atoms with Crippen molar-refractivity contribution < 1.29 is 14.3 Å². The van der Waals surface area contributed by atoms with E-state index in [0.717, 1.165) is 54.3 Å². The molecule has 2 fully saturated rings. The Hall–Kier alpha value is -4.25. The van der Waals surface area contributed by atoms with Gasteiger partial charge in [-0.25, -0.2) is 9.78 Å². The molecule has 10 heteroatoms. The number of likely N-dealkylation sites (N-methyl/N-ethyl adjacent to an activating group) is 1. The molecular weight excluding hydrogens is 566 g/mol. The first-order valence-corrected chi connectivity index (χ1v) is 15.9. The summed E-state index contributed by atoms with van der Waals surface area (Å²) in [5.41, 5.74) is 4.57. The van der Waals surface area contributed by atoms with E-state index in [0.29, 0.717) is 37.1 Å². The van der Waals surface area contributed by atoms with Crippen LogP contribution in [0.4, 0.5) is 22.0 Å². The zero-order valence-corrected chi connectivity index (χ0v) is 26.4. The van der Waals surface area contributed by atoms with Crippen LogP contribution in [0.2, 0.25) is 0 Å². The molecule has 4 aromatic rings. The number of likely N-dealkylation sites (tertiary alicyclic amines) is 2. The van der Waals surface area contributed by atoms with Gasteiger partial charge in [-0.15, -0.1) is 0 Å². The SMILES string of the molecule is CCOCCN(c1ccnc(NC(=O)c2ccc(C3CCN(C4CN(C)C4)CC3)cc2)c1)c1ccc2c(ccn2C(=O)NC)c1. The maximum atomic E-state index is 13.2. The topological polar surface area (TPSA) is 95.0 Å². The fourth-order valence-corrected chi connectivity index (χ4v) is 6.55. The van der Waals surface area contributed by atoms with Crippen LogP contribution in [0.5, 0.6) is 0 Å². The largest absolute Gasteiger partial charge is 0.380 e. The Kier molecular flexibility index (Phi) is 9.44. The lowest BCUT2D eigenvalue weighted by Gasteiger charge is -2.46. The van der Waals surface area contributed by atoms with Gasteiger partial charge in [0.25, 0.3) is 5.91 Å². The van der Waals surface area contributed by atoms with Crippen LogP contribution < -0.4 is 15.5 Å². The van der Waals surface area contributed by atoms with Gasteiger partial charge < -0.3 is 25.2 Å². The quantitative estimate of drug-likeness (QED) is 0.240. The number of carbonyl (C=O) groups excluding carboxylic acids is 2. The van der Waals surface area contributed by atoms with Gasteiger partial charge in [-0.05, 0) is 93.8 Å². The molecule has 45 heavy (non-hydrogen) atoms. The number of hydrogen-bond acceptors (Lipinski definition) is 7. The smallest absolute Gasteiger partial charge is 0.325 e. The number of fused-ring (bicyclic) bond motifs is 1. The normalized spacial score (nSPS) is 16.4. The van der Waals surface area contributed by atoms with Crippen LogP contribution in [0.3, 0.4) is 0 Å². The molecule has 0 bridgehead atoms. The van der Waals surface area contributed by atoms with E-state index in [1.807, 2.05) is 49.4 Å². The van der Waals surface area contributed by atoms with Crippen LogP contribution >= 0.6 is 0 Å². The molecule has 236 valence electrons. The first-order valence-electron chi connectivity index (χ1n) is 15.9. The first kappa shape index (κ1) is 30.8. The third kappa shape index (κ3) is 6.88. The van der Waals surface area contributed by atoms with E-state index in [2.05, 4.69) is 55.6 Å². The van der Waals surface area contributed by atoms with Crippen LogP contribution in [0.15, 0.2) is 73.1 Å². The summed E-state index contributed by atoms with van der Waals surface area (Å²) in [6.45, 7) is 8.38. The predicted octanol–water partition coefficient (Wildman–Crippen LogP) is 5.14. The number of carbonyl (C=O) groups is 2. The van der Waals surface area contributed by atoms with E-state index >= 15 is 0 Å². The van der Waals surface area contributed by atoms with Crippen molar-refractivity contribution in [3.8, 4) is 0 Å². The second-order valence-electron chi connectivity index (χ2n) is 12.0. The Morgan fingerprint density at radius 1 is 1.00 bits per heavy atom. The number of amides is 2. The van der Waals surface area contributed by atoms with Crippen molar-refractivity contribution in [2.24, 2.45) is 0 Å². The molecule has 0 saturated carbocycles. The number of benzene rings is 2. The lowest BCUT2D eigenvalue weighted by atomic mass is 9.88. The van der Waals surface area contributed by atoms with Crippen LogP contribution in [0.25, 0.3) is 10.9 Å². The highest BCUT2D eigenvalue weighted by molar-refractivity contribution is 6.04. The summed E-state index contributed by atoms with van der Waals surface area (Å²) in [7, 11) is 3.80. The lowest BCUT2D eigenvalue weighted by molar-refractivity contribution is 0.0363. The van der Waals surface area contributed by atoms with Gasteiger partial charge in [0, 0.05) is 80.1 Å². The molecule has 6 rings (SSSR count). The van der Waals surface area contributed by atoms with E-state index in [1.165, 1.54) is 18.7 Å². The van der Waals surface area contributed by atoms with Crippen molar-refractivity contribution in [3.05, 3.63) is 84.2 Å². The molecule has 2 amide bonds. The summed E-state index contributed by atoms with van der Waals surface area (Å²) < 4.78 is 7.28. The highest BCUT2D eigenvalue weighted by Crippen LogP contribution is 2.32. The molecule has 2 aliphatic rings. The zero-order chi connectivity index (χ0) is 31.3. The molecule has 0 radical (unpaired) electrons. The Morgan fingerprint density at radius 2 is 1.76 bits per heavy atom. The number of piperidine rings is 1. The maximum absolute atomic E-state index is 13.2. The number of aromatic nitrogens is 2. The van der Waals surface area contributed by atoms with Gasteiger partial charge in [-0.2, -0.15) is 0 Å². The Balaban J connectivity index is 1.13.